The van der Waals surface area contributed by atoms with E-state index in [1.165, 1.54) is 37.6 Å². The highest BCUT2D eigenvalue weighted by Crippen LogP contribution is 2.20. The zero-order chi connectivity index (χ0) is 21.5. The molecule has 162 valence electrons. The van der Waals surface area contributed by atoms with E-state index < -0.39 is 0 Å². The van der Waals surface area contributed by atoms with Crippen molar-refractivity contribution >= 4 is 5.91 Å². The number of rotatable bonds is 8. The number of hydrogen-bond acceptors (Lipinski definition) is 4. The molecule has 2 heterocycles. The van der Waals surface area contributed by atoms with Gasteiger partial charge in [0.2, 0.25) is 0 Å². The van der Waals surface area contributed by atoms with Gasteiger partial charge in [-0.1, -0.05) is 48.9 Å². The van der Waals surface area contributed by atoms with E-state index in [0.29, 0.717) is 18.3 Å². The summed E-state index contributed by atoms with van der Waals surface area (Å²) in [7, 11) is 0. The van der Waals surface area contributed by atoms with Gasteiger partial charge >= 0.3 is 0 Å². The van der Waals surface area contributed by atoms with Crippen molar-refractivity contribution in [3.8, 4) is 5.75 Å². The first kappa shape index (κ1) is 21.2. The molecule has 1 fully saturated rings. The lowest BCUT2D eigenvalue weighted by Crippen LogP contribution is -2.36. The summed E-state index contributed by atoms with van der Waals surface area (Å²) in [6, 6.07) is 20.5. The molecule has 2 aromatic carbocycles. The van der Waals surface area contributed by atoms with Gasteiger partial charge in [-0.3, -0.25) is 9.69 Å². The van der Waals surface area contributed by atoms with Gasteiger partial charge in [0, 0.05) is 24.7 Å². The van der Waals surface area contributed by atoms with Crippen LogP contribution in [0.1, 0.15) is 53.4 Å². The number of furan rings is 1. The molecule has 0 aliphatic carbocycles. The van der Waals surface area contributed by atoms with E-state index in [1.807, 2.05) is 30.3 Å². The second kappa shape index (κ2) is 10.3. The molecule has 5 heteroatoms. The van der Waals surface area contributed by atoms with Crippen molar-refractivity contribution in [3.63, 3.8) is 0 Å². The van der Waals surface area contributed by atoms with Crippen LogP contribution in [0.15, 0.2) is 71.3 Å². The second-order valence-electron chi connectivity index (χ2n) is 8.19. The summed E-state index contributed by atoms with van der Waals surface area (Å²) in [5.74, 6) is 0.823. The van der Waals surface area contributed by atoms with E-state index in [0.717, 1.165) is 23.4 Å². The first-order chi connectivity index (χ1) is 15.2. The Morgan fingerprint density at radius 3 is 2.61 bits per heavy atom. The second-order valence-corrected chi connectivity index (χ2v) is 8.19. The molecule has 1 N–H and O–H groups in total. The van der Waals surface area contributed by atoms with Gasteiger partial charge in [-0.15, -0.1) is 0 Å². The Morgan fingerprint density at radius 2 is 1.84 bits per heavy atom. The lowest BCUT2D eigenvalue weighted by atomic mass is 10.0. The number of para-hydroxylation sites is 1. The van der Waals surface area contributed by atoms with Crippen molar-refractivity contribution in [2.45, 2.75) is 51.9 Å². The van der Waals surface area contributed by atoms with E-state index in [4.69, 9.17) is 9.15 Å². The van der Waals surface area contributed by atoms with Crippen molar-refractivity contribution < 1.29 is 13.9 Å². The molecule has 4 rings (SSSR count). The van der Waals surface area contributed by atoms with Crippen LogP contribution < -0.4 is 10.1 Å². The molecule has 1 saturated heterocycles. The van der Waals surface area contributed by atoms with Crippen molar-refractivity contribution in [2.24, 2.45) is 0 Å². The SMILES string of the molecule is CC1CCCCN1Cc1ccc(CNC(=O)c2occc2COc2ccccc2)cc1. The van der Waals surface area contributed by atoms with Gasteiger partial charge in [-0.05, 0) is 55.6 Å². The topological polar surface area (TPSA) is 54.7 Å². The van der Waals surface area contributed by atoms with E-state index >= 15 is 0 Å². The van der Waals surface area contributed by atoms with Crippen LogP contribution >= 0.6 is 0 Å². The van der Waals surface area contributed by atoms with E-state index in [1.54, 1.807) is 6.07 Å². The van der Waals surface area contributed by atoms with E-state index in [2.05, 4.69) is 41.4 Å². The Labute approximate surface area is 184 Å². The Morgan fingerprint density at radius 1 is 1.06 bits per heavy atom. The first-order valence-electron chi connectivity index (χ1n) is 11.0. The third-order valence-corrected chi connectivity index (χ3v) is 5.89. The zero-order valence-corrected chi connectivity index (χ0v) is 18.0. The monoisotopic (exact) mass is 418 g/mol. The molecule has 31 heavy (non-hydrogen) atoms. The lowest BCUT2D eigenvalue weighted by molar-refractivity contribution is 0.0919. The van der Waals surface area contributed by atoms with Crippen LogP contribution in [0.3, 0.4) is 0 Å². The average Bonchev–Trinajstić information content (AvgIpc) is 3.28. The van der Waals surface area contributed by atoms with Gasteiger partial charge in [0.25, 0.3) is 5.91 Å². The summed E-state index contributed by atoms with van der Waals surface area (Å²) >= 11 is 0. The van der Waals surface area contributed by atoms with Crippen molar-refractivity contribution in [2.75, 3.05) is 6.54 Å². The molecular formula is C26H30N2O3. The first-order valence-corrected chi connectivity index (χ1v) is 11.0. The molecule has 0 radical (unpaired) electrons. The summed E-state index contributed by atoms with van der Waals surface area (Å²) in [5, 5.41) is 2.95. The fourth-order valence-corrected chi connectivity index (χ4v) is 3.98. The molecule has 5 nitrogen and oxygen atoms in total. The minimum absolute atomic E-state index is 0.233. The minimum atomic E-state index is -0.233. The molecule has 1 aromatic heterocycles. The molecular weight excluding hydrogens is 388 g/mol. The van der Waals surface area contributed by atoms with Crippen LogP contribution in [0, 0.1) is 0 Å². The molecule has 1 aliphatic rings. The number of carbonyl (C=O) groups excluding carboxylic acids is 1. The summed E-state index contributed by atoms with van der Waals surface area (Å²) in [4.78, 5) is 15.2. The highest BCUT2D eigenvalue weighted by Gasteiger charge is 2.18. The Kier molecular flexibility index (Phi) is 7.05. The van der Waals surface area contributed by atoms with Crippen molar-refractivity contribution in [1.29, 1.82) is 0 Å². The number of ether oxygens (including phenoxy) is 1. The normalized spacial score (nSPS) is 16.7. The fourth-order valence-electron chi connectivity index (χ4n) is 3.98. The number of amides is 1. The van der Waals surface area contributed by atoms with Crippen LogP contribution in [-0.2, 0) is 19.7 Å². The standard InChI is InChI=1S/C26H30N2O3/c1-20-7-5-6-15-28(20)18-22-12-10-21(11-13-22)17-27-26(29)25-23(14-16-30-25)19-31-24-8-3-2-4-9-24/h2-4,8-14,16,20H,5-7,15,17-19H2,1H3,(H,27,29). The minimum Gasteiger partial charge on any atom is -0.489 e. The van der Waals surface area contributed by atoms with Crippen LogP contribution in [0.5, 0.6) is 5.75 Å². The van der Waals surface area contributed by atoms with Gasteiger partial charge < -0.3 is 14.5 Å². The highest BCUT2D eigenvalue weighted by atomic mass is 16.5. The predicted molar refractivity (Wildman–Crippen MR) is 121 cm³/mol. The number of benzene rings is 2. The molecule has 3 aromatic rings. The Bertz CT molecular complexity index is 966. The maximum absolute atomic E-state index is 12.6. The number of likely N-dealkylation sites (tertiary alicyclic amines) is 1. The number of hydrogen-bond donors (Lipinski definition) is 1. The summed E-state index contributed by atoms with van der Waals surface area (Å²) in [5.41, 5.74) is 3.11. The molecule has 0 saturated carbocycles. The molecule has 1 atom stereocenters. The van der Waals surface area contributed by atoms with Crippen LogP contribution in [0.25, 0.3) is 0 Å². The fraction of sp³-hybridized carbons (Fsp3) is 0.346. The van der Waals surface area contributed by atoms with Crippen molar-refractivity contribution in [3.05, 3.63) is 89.4 Å². The lowest BCUT2D eigenvalue weighted by Gasteiger charge is -2.33. The summed E-state index contributed by atoms with van der Waals surface area (Å²) in [6.07, 6.45) is 5.44. The smallest absolute Gasteiger partial charge is 0.287 e. The Balaban J connectivity index is 1.28. The average molecular weight is 419 g/mol. The van der Waals surface area contributed by atoms with Gasteiger partial charge in [0.05, 0.1) is 6.26 Å². The van der Waals surface area contributed by atoms with Crippen LogP contribution in [0.2, 0.25) is 0 Å². The predicted octanol–water partition coefficient (Wildman–Crippen LogP) is 5.16. The third kappa shape index (κ3) is 5.76. The quantitative estimate of drug-likeness (QED) is 0.549. The number of piperidine rings is 1. The number of nitrogens with zero attached hydrogens (tertiary/aromatic N) is 1. The molecule has 1 aliphatic heterocycles. The third-order valence-electron chi connectivity index (χ3n) is 5.89. The summed E-state index contributed by atoms with van der Waals surface area (Å²) < 4.78 is 11.2. The molecule has 1 unspecified atom stereocenters. The highest BCUT2D eigenvalue weighted by molar-refractivity contribution is 5.92. The van der Waals surface area contributed by atoms with Crippen LogP contribution in [0.4, 0.5) is 0 Å². The maximum Gasteiger partial charge on any atom is 0.287 e. The number of carbonyl (C=O) groups is 1. The van der Waals surface area contributed by atoms with Gasteiger partial charge in [-0.25, -0.2) is 0 Å². The largest absolute Gasteiger partial charge is 0.489 e. The molecule has 1 amide bonds. The van der Waals surface area contributed by atoms with Gasteiger partial charge in [-0.2, -0.15) is 0 Å². The maximum atomic E-state index is 12.6. The molecule has 0 spiro atoms. The van der Waals surface area contributed by atoms with Crippen molar-refractivity contribution in [1.82, 2.24) is 10.2 Å². The number of nitrogens with one attached hydrogen (secondary N) is 1. The van der Waals surface area contributed by atoms with Gasteiger partial charge in [0.15, 0.2) is 5.76 Å². The van der Waals surface area contributed by atoms with E-state index in [-0.39, 0.29) is 12.5 Å². The zero-order valence-electron chi connectivity index (χ0n) is 18.0. The van der Waals surface area contributed by atoms with Crippen LogP contribution in [-0.4, -0.2) is 23.4 Å². The Hall–Kier alpha value is -3.05. The molecule has 0 bridgehead atoms. The summed E-state index contributed by atoms with van der Waals surface area (Å²) in [6.45, 7) is 5.23. The van der Waals surface area contributed by atoms with E-state index in [9.17, 15) is 4.79 Å². The van der Waals surface area contributed by atoms with Gasteiger partial charge in [0.1, 0.15) is 12.4 Å².